The standard InChI is InChI=1S/C27H35NO3.C2HF3O2/c29-27(30)17-14-21-12-15-25(16-13-21)31-20-23-10-8-22(9-11-23)19-28-18-4-7-26(28)24-5-2-1-3-6-24;3-2(4,5)1(6)7/h8-13,15-16,24,26H,1-7,14,17-20H2,(H,29,30);(H,6,7). The van der Waals surface area contributed by atoms with Crippen molar-refractivity contribution in [3.63, 3.8) is 0 Å². The smallest absolute Gasteiger partial charge is 0.489 e. The molecular weight excluding hydrogens is 499 g/mol. The molecule has 0 amide bonds. The minimum atomic E-state index is -5.08. The van der Waals surface area contributed by atoms with E-state index in [1.54, 1.807) is 0 Å². The average Bonchev–Trinajstić information content (AvgIpc) is 3.36. The van der Waals surface area contributed by atoms with Crippen LogP contribution in [-0.2, 0) is 29.2 Å². The fourth-order valence-electron chi connectivity index (χ4n) is 5.25. The van der Waals surface area contributed by atoms with Gasteiger partial charge in [0, 0.05) is 19.0 Å². The molecule has 0 spiro atoms. The van der Waals surface area contributed by atoms with E-state index in [2.05, 4.69) is 29.2 Å². The molecule has 1 unspecified atom stereocenters. The Morgan fingerprint density at radius 1 is 0.842 bits per heavy atom. The Labute approximate surface area is 221 Å². The summed E-state index contributed by atoms with van der Waals surface area (Å²) in [6.45, 7) is 2.86. The van der Waals surface area contributed by atoms with Gasteiger partial charge in [-0.1, -0.05) is 55.7 Å². The topological polar surface area (TPSA) is 87.1 Å². The van der Waals surface area contributed by atoms with Gasteiger partial charge in [-0.15, -0.1) is 0 Å². The number of benzene rings is 2. The first-order valence-electron chi connectivity index (χ1n) is 13.2. The average molecular weight is 536 g/mol. The molecule has 1 atom stereocenters. The molecule has 6 nitrogen and oxygen atoms in total. The number of alkyl halides is 3. The lowest BCUT2D eigenvalue weighted by molar-refractivity contribution is -0.192. The molecule has 1 aliphatic heterocycles. The van der Waals surface area contributed by atoms with E-state index in [-0.39, 0.29) is 6.42 Å². The second kappa shape index (κ2) is 14.2. The van der Waals surface area contributed by atoms with Crippen molar-refractivity contribution in [1.82, 2.24) is 4.90 Å². The molecule has 38 heavy (non-hydrogen) atoms. The second-order valence-electron chi connectivity index (χ2n) is 10.0. The van der Waals surface area contributed by atoms with Crippen LogP contribution in [0.25, 0.3) is 0 Å². The highest BCUT2D eigenvalue weighted by Crippen LogP contribution is 2.35. The van der Waals surface area contributed by atoms with Gasteiger partial charge >= 0.3 is 18.1 Å². The molecule has 0 bridgehead atoms. The third-order valence-corrected chi connectivity index (χ3v) is 7.22. The molecule has 2 fully saturated rings. The maximum Gasteiger partial charge on any atom is 0.490 e. The highest BCUT2D eigenvalue weighted by molar-refractivity contribution is 5.73. The lowest BCUT2D eigenvalue weighted by atomic mass is 9.83. The molecule has 1 heterocycles. The molecular formula is C29H36F3NO5. The third kappa shape index (κ3) is 9.67. The van der Waals surface area contributed by atoms with Crippen molar-refractivity contribution >= 4 is 11.9 Å². The Kier molecular flexibility index (Phi) is 11.0. The zero-order chi connectivity index (χ0) is 27.5. The van der Waals surface area contributed by atoms with Crippen LogP contribution < -0.4 is 4.74 Å². The number of carboxylic acids is 2. The summed E-state index contributed by atoms with van der Waals surface area (Å²) >= 11 is 0. The van der Waals surface area contributed by atoms with Crippen molar-refractivity contribution in [2.75, 3.05) is 6.54 Å². The van der Waals surface area contributed by atoms with Crippen molar-refractivity contribution in [1.29, 1.82) is 0 Å². The van der Waals surface area contributed by atoms with Crippen LogP contribution in [0.15, 0.2) is 48.5 Å². The normalized spacial score (nSPS) is 18.4. The number of likely N-dealkylation sites (tertiary alicyclic amines) is 1. The van der Waals surface area contributed by atoms with Gasteiger partial charge in [0.2, 0.25) is 0 Å². The number of nitrogens with zero attached hydrogens (tertiary/aromatic N) is 1. The Balaban J connectivity index is 0.000000505. The van der Waals surface area contributed by atoms with Crippen molar-refractivity contribution in [2.24, 2.45) is 5.92 Å². The van der Waals surface area contributed by atoms with Gasteiger partial charge in [-0.2, -0.15) is 13.2 Å². The van der Waals surface area contributed by atoms with Gasteiger partial charge in [0.25, 0.3) is 0 Å². The molecule has 2 aromatic rings. The van der Waals surface area contributed by atoms with Crippen molar-refractivity contribution in [3.05, 3.63) is 65.2 Å². The van der Waals surface area contributed by atoms with Gasteiger partial charge in [0.1, 0.15) is 12.4 Å². The second-order valence-corrected chi connectivity index (χ2v) is 10.0. The summed E-state index contributed by atoms with van der Waals surface area (Å²) in [4.78, 5) is 22.3. The van der Waals surface area contributed by atoms with Crippen LogP contribution in [0.4, 0.5) is 13.2 Å². The van der Waals surface area contributed by atoms with E-state index in [1.165, 1.54) is 62.6 Å². The van der Waals surface area contributed by atoms with Gasteiger partial charge in [0.15, 0.2) is 0 Å². The minimum absolute atomic E-state index is 0.158. The fourth-order valence-corrected chi connectivity index (χ4v) is 5.25. The molecule has 0 aromatic heterocycles. The zero-order valence-electron chi connectivity index (χ0n) is 21.5. The van der Waals surface area contributed by atoms with Gasteiger partial charge in [-0.25, -0.2) is 4.79 Å². The highest BCUT2D eigenvalue weighted by Gasteiger charge is 2.38. The zero-order valence-corrected chi connectivity index (χ0v) is 21.5. The Morgan fingerprint density at radius 2 is 1.42 bits per heavy atom. The molecule has 2 aliphatic rings. The number of rotatable bonds is 9. The minimum Gasteiger partial charge on any atom is -0.489 e. The number of ether oxygens (including phenoxy) is 1. The summed E-state index contributed by atoms with van der Waals surface area (Å²) in [7, 11) is 0. The van der Waals surface area contributed by atoms with Crippen LogP contribution in [0.2, 0.25) is 0 Å². The molecule has 1 saturated carbocycles. The number of carbonyl (C=O) groups is 2. The van der Waals surface area contributed by atoms with Crippen LogP contribution in [-0.4, -0.2) is 45.8 Å². The van der Waals surface area contributed by atoms with Gasteiger partial charge < -0.3 is 14.9 Å². The van der Waals surface area contributed by atoms with Crippen LogP contribution in [0, 0.1) is 5.92 Å². The summed E-state index contributed by atoms with van der Waals surface area (Å²) in [6.07, 6.45) is 5.50. The first-order valence-corrected chi connectivity index (χ1v) is 13.2. The van der Waals surface area contributed by atoms with Gasteiger partial charge in [-0.3, -0.25) is 9.69 Å². The molecule has 2 aromatic carbocycles. The fraction of sp³-hybridized carbons (Fsp3) is 0.517. The Morgan fingerprint density at radius 3 is 2.00 bits per heavy atom. The van der Waals surface area contributed by atoms with E-state index >= 15 is 0 Å². The highest BCUT2D eigenvalue weighted by atomic mass is 19.4. The van der Waals surface area contributed by atoms with E-state index in [0.717, 1.165) is 29.8 Å². The maximum absolute atomic E-state index is 10.7. The summed E-state index contributed by atoms with van der Waals surface area (Å²) in [5.41, 5.74) is 3.59. The summed E-state index contributed by atoms with van der Waals surface area (Å²) in [5, 5.41) is 15.9. The number of hydrogen-bond acceptors (Lipinski definition) is 4. The third-order valence-electron chi connectivity index (χ3n) is 7.22. The number of aryl methyl sites for hydroxylation is 1. The quantitative estimate of drug-likeness (QED) is 0.383. The van der Waals surface area contributed by atoms with Crippen LogP contribution >= 0.6 is 0 Å². The van der Waals surface area contributed by atoms with E-state index in [9.17, 15) is 18.0 Å². The molecule has 4 rings (SSSR count). The predicted molar refractivity (Wildman–Crippen MR) is 137 cm³/mol. The maximum atomic E-state index is 10.7. The molecule has 2 N–H and O–H groups in total. The van der Waals surface area contributed by atoms with Crippen LogP contribution in [0.3, 0.4) is 0 Å². The van der Waals surface area contributed by atoms with Gasteiger partial charge in [-0.05, 0) is 73.4 Å². The number of aliphatic carboxylic acids is 2. The summed E-state index contributed by atoms with van der Waals surface area (Å²) in [5.74, 6) is -1.79. The number of hydrogen-bond donors (Lipinski definition) is 2. The summed E-state index contributed by atoms with van der Waals surface area (Å²) < 4.78 is 37.7. The van der Waals surface area contributed by atoms with E-state index in [4.69, 9.17) is 19.7 Å². The first-order chi connectivity index (χ1) is 18.1. The van der Waals surface area contributed by atoms with Crippen molar-refractivity contribution in [3.8, 4) is 5.75 Å². The molecule has 1 aliphatic carbocycles. The monoisotopic (exact) mass is 535 g/mol. The van der Waals surface area contributed by atoms with Crippen molar-refractivity contribution in [2.45, 2.75) is 83.2 Å². The van der Waals surface area contributed by atoms with E-state index in [1.807, 2.05) is 24.3 Å². The first kappa shape index (κ1) is 29.5. The Hall–Kier alpha value is -3.07. The van der Waals surface area contributed by atoms with Crippen LogP contribution in [0.1, 0.15) is 68.1 Å². The van der Waals surface area contributed by atoms with E-state index < -0.39 is 18.1 Å². The molecule has 1 saturated heterocycles. The van der Waals surface area contributed by atoms with Gasteiger partial charge in [0.05, 0.1) is 0 Å². The predicted octanol–water partition coefficient (Wildman–Crippen LogP) is 6.46. The molecule has 208 valence electrons. The lowest BCUT2D eigenvalue weighted by Gasteiger charge is -2.34. The van der Waals surface area contributed by atoms with Crippen LogP contribution in [0.5, 0.6) is 5.75 Å². The lowest BCUT2D eigenvalue weighted by Crippen LogP contribution is -2.36. The Bertz CT molecular complexity index is 1020. The largest absolute Gasteiger partial charge is 0.490 e. The molecule has 9 heteroatoms. The number of halogens is 3. The molecule has 0 radical (unpaired) electrons. The number of carboxylic acid groups (broad SMARTS) is 2. The van der Waals surface area contributed by atoms with E-state index in [0.29, 0.717) is 13.0 Å². The van der Waals surface area contributed by atoms with Crippen molar-refractivity contribution < 1.29 is 37.7 Å². The SMILES string of the molecule is O=C(O)C(F)(F)F.O=C(O)CCc1ccc(OCc2ccc(CN3CCCC3C3CCCCC3)cc2)cc1. The summed E-state index contributed by atoms with van der Waals surface area (Å²) in [6, 6.07) is 17.4.